The van der Waals surface area contributed by atoms with Crippen LogP contribution in [0.5, 0.6) is 11.5 Å². The maximum Gasteiger partial charge on any atom is 0.257 e. The number of nitrogens with zero attached hydrogens (tertiary/aromatic N) is 3. The highest BCUT2D eigenvalue weighted by atomic mass is 16.5. The van der Waals surface area contributed by atoms with E-state index >= 15 is 0 Å². The van der Waals surface area contributed by atoms with Gasteiger partial charge in [-0.05, 0) is 31.0 Å². The Balaban J connectivity index is 1.46. The first-order chi connectivity index (χ1) is 16.1. The SMILES string of the molecule is COc1cccc(CN2CCCC(c3[nH]ncc3C(=O)N(C)Cc3ccccc3)C2)c1OC. The van der Waals surface area contributed by atoms with E-state index in [0.29, 0.717) is 12.1 Å². The fourth-order valence-corrected chi connectivity index (χ4v) is 4.67. The average Bonchev–Trinajstić information content (AvgIpc) is 3.34. The first-order valence-electron chi connectivity index (χ1n) is 11.4. The Morgan fingerprint density at radius 2 is 1.97 bits per heavy atom. The van der Waals surface area contributed by atoms with E-state index in [1.54, 1.807) is 25.3 Å². The predicted octanol–water partition coefficient (Wildman–Crippen LogP) is 4.08. The number of likely N-dealkylation sites (tertiary alicyclic amines) is 1. The summed E-state index contributed by atoms with van der Waals surface area (Å²) in [4.78, 5) is 17.4. The molecule has 0 radical (unpaired) electrons. The first-order valence-corrected chi connectivity index (χ1v) is 11.4. The summed E-state index contributed by atoms with van der Waals surface area (Å²) in [5, 5.41) is 7.37. The zero-order chi connectivity index (χ0) is 23.2. The van der Waals surface area contributed by atoms with E-state index < -0.39 is 0 Å². The molecule has 0 spiro atoms. The Labute approximate surface area is 195 Å². The van der Waals surface area contributed by atoms with Crippen LogP contribution in [-0.4, -0.2) is 60.3 Å². The Bertz CT molecular complexity index is 1070. The Kier molecular flexibility index (Phi) is 7.29. The molecule has 1 N–H and O–H groups in total. The number of aromatic amines is 1. The highest BCUT2D eigenvalue weighted by molar-refractivity contribution is 5.95. The molecule has 174 valence electrons. The van der Waals surface area contributed by atoms with Crippen LogP contribution in [0.2, 0.25) is 0 Å². The molecule has 7 nitrogen and oxygen atoms in total. The van der Waals surface area contributed by atoms with Crippen LogP contribution in [0.4, 0.5) is 0 Å². The molecule has 0 bridgehead atoms. The van der Waals surface area contributed by atoms with Gasteiger partial charge in [0.15, 0.2) is 11.5 Å². The second kappa shape index (κ2) is 10.5. The van der Waals surface area contributed by atoms with Crippen molar-refractivity contribution >= 4 is 5.91 Å². The van der Waals surface area contributed by atoms with E-state index in [1.807, 2.05) is 49.5 Å². The van der Waals surface area contributed by atoms with E-state index in [1.165, 1.54) is 0 Å². The second-order valence-corrected chi connectivity index (χ2v) is 8.57. The molecule has 4 rings (SSSR count). The highest BCUT2D eigenvalue weighted by Crippen LogP contribution is 2.34. The van der Waals surface area contributed by atoms with Crippen molar-refractivity contribution in [3.8, 4) is 11.5 Å². The van der Waals surface area contributed by atoms with Crippen molar-refractivity contribution in [2.24, 2.45) is 0 Å². The van der Waals surface area contributed by atoms with Gasteiger partial charge in [-0.2, -0.15) is 5.10 Å². The molecule has 3 aromatic rings. The maximum atomic E-state index is 13.2. The van der Waals surface area contributed by atoms with E-state index in [-0.39, 0.29) is 11.8 Å². The van der Waals surface area contributed by atoms with Crippen LogP contribution >= 0.6 is 0 Å². The highest BCUT2D eigenvalue weighted by Gasteiger charge is 2.28. The molecule has 7 heteroatoms. The van der Waals surface area contributed by atoms with Crippen molar-refractivity contribution < 1.29 is 14.3 Å². The molecule has 1 unspecified atom stereocenters. The topological polar surface area (TPSA) is 70.7 Å². The van der Waals surface area contributed by atoms with Gasteiger partial charge in [0.05, 0.1) is 31.7 Å². The molecule has 33 heavy (non-hydrogen) atoms. The quantitative estimate of drug-likeness (QED) is 0.562. The summed E-state index contributed by atoms with van der Waals surface area (Å²) in [5.74, 6) is 1.74. The zero-order valence-electron chi connectivity index (χ0n) is 19.6. The largest absolute Gasteiger partial charge is 0.493 e. The van der Waals surface area contributed by atoms with Crippen molar-refractivity contribution in [3.63, 3.8) is 0 Å². The summed E-state index contributed by atoms with van der Waals surface area (Å²) in [6, 6.07) is 16.0. The van der Waals surface area contributed by atoms with Gasteiger partial charge in [-0.15, -0.1) is 0 Å². The lowest BCUT2D eigenvalue weighted by atomic mass is 9.92. The summed E-state index contributed by atoms with van der Waals surface area (Å²) < 4.78 is 11.1. The van der Waals surface area contributed by atoms with Crippen LogP contribution in [0.3, 0.4) is 0 Å². The lowest BCUT2D eigenvalue weighted by Crippen LogP contribution is -2.35. The van der Waals surface area contributed by atoms with Crippen molar-refractivity contribution in [3.05, 3.63) is 77.1 Å². The van der Waals surface area contributed by atoms with Crippen LogP contribution in [0.1, 0.15) is 45.9 Å². The van der Waals surface area contributed by atoms with Gasteiger partial charge in [-0.3, -0.25) is 14.8 Å². The Hall–Kier alpha value is -3.32. The molecular formula is C26H32N4O3. The first kappa shape index (κ1) is 22.9. The minimum Gasteiger partial charge on any atom is -0.493 e. The molecule has 1 fully saturated rings. The van der Waals surface area contributed by atoms with Gasteiger partial charge in [0.25, 0.3) is 5.91 Å². The smallest absolute Gasteiger partial charge is 0.257 e. The average molecular weight is 449 g/mol. The summed E-state index contributed by atoms with van der Waals surface area (Å²) in [6.07, 6.45) is 3.75. The molecule has 1 amide bonds. The minimum absolute atomic E-state index is 0.00538. The van der Waals surface area contributed by atoms with Crippen molar-refractivity contribution in [2.75, 3.05) is 34.4 Å². The van der Waals surface area contributed by atoms with E-state index in [2.05, 4.69) is 21.2 Å². The van der Waals surface area contributed by atoms with Crippen molar-refractivity contribution in [2.45, 2.75) is 31.8 Å². The van der Waals surface area contributed by atoms with E-state index in [9.17, 15) is 4.79 Å². The van der Waals surface area contributed by atoms with Crippen LogP contribution in [0, 0.1) is 0 Å². The number of benzene rings is 2. The number of hydrogen-bond acceptors (Lipinski definition) is 5. The summed E-state index contributed by atoms with van der Waals surface area (Å²) >= 11 is 0. The third-order valence-electron chi connectivity index (χ3n) is 6.30. The molecule has 2 heterocycles. The number of nitrogens with one attached hydrogen (secondary N) is 1. The maximum absolute atomic E-state index is 13.2. The molecule has 1 aliphatic rings. The van der Waals surface area contributed by atoms with Gasteiger partial charge < -0.3 is 14.4 Å². The third-order valence-corrected chi connectivity index (χ3v) is 6.30. The zero-order valence-corrected chi connectivity index (χ0v) is 19.6. The number of ether oxygens (including phenoxy) is 2. The second-order valence-electron chi connectivity index (χ2n) is 8.57. The molecule has 0 saturated carbocycles. The van der Waals surface area contributed by atoms with Crippen LogP contribution in [0.15, 0.2) is 54.7 Å². The summed E-state index contributed by atoms with van der Waals surface area (Å²) in [7, 11) is 5.17. The molecule has 1 saturated heterocycles. The lowest BCUT2D eigenvalue weighted by Gasteiger charge is -2.33. The fourth-order valence-electron chi connectivity index (χ4n) is 4.67. The van der Waals surface area contributed by atoms with Crippen LogP contribution < -0.4 is 9.47 Å². The summed E-state index contributed by atoms with van der Waals surface area (Å²) in [5.41, 5.74) is 3.80. The van der Waals surface area contributed by atoms with Gasteiger partial charge >= 0.3 is 0 Å². The summed E-state index contributed by atoms with van der Waals surface area (Å²) in [6.45, 7) is 3.19. The Morgan fingerprint density at radius 1 is 1.15 bits per heavy atom. The van der Waals surface area contributed by atoms with Gasteiger partial charge in [0.2, 0.25) is 0 Å². The number of carbonyl (C=O) groups is 1. The number of methoxy groups -OCH3 is 2. The van der Waals surface area contributed by atoms with Gasteiger partial charge in [0, 0.05) is 38.2 Å². The van der Waals surface area contributed by atoms with Gasteiger partial charge in [-0.1, -0.05) is 42.5 Å². The Morgan fingerprint density at radius 3 is 2.73 bits per heavy atom. The monoisotopic (exact) mass is 448 g/mol. The number of H-pyrrole nitrogens is 1. The fraction of sp³-hybridized carbons (Fsp3) is 0.385. The van der Waals surface area contributed by atoms with Crippen molar-refractivity contribution in [1.29, 1.82) is 0 Å². The van der Waals surface area contributed by atoms with Gasteiger partial charge in [0.1, 0.15) is 0 Å². The number of para-hydroxylation sites is 1. The van der Waals surface area contributed by atoms with Crippen LogP contribution in [0.25, 0.3) is 0 Å². The van der Waals surface area contributed by atoms with Crippen LogP contribution in [-0.2, 0) is 13.1 Å². The standard InChI is InChI=1S/C26H32N4O3/c1-29(16-19-9-5-4-6-10-19)26(31)22-15-27-28-24(22)20-12-8-14-30(17-20)18-21-11-7-13-23(32-2)25(21)33-3/h4-7,9-11,13,15,20H,8,12,14,16-18H2,1-3H3,(H,27,28). The number of aromatic nitrogens is 2. The molecule has 1 atom stereocenters. The molecule has 1 aromatic heterocycles. The molecule has 2 aromatic carbocycles. The number of hydrogen-bond donors (Lipinski definition) is 1. The molecule has 0 aliphatic carbocycles. The third kappa shape index (κ3) is 5.20. The molecular weight excluding hydrogens is 416 g/mol. The lowest BCUT2D eigenvalue weighted by molar-refractivity contribution is 0.0782. The predicted molar refractivity (Wildman–Crippen MR) is 128 cm³/mol. The molecule has 1 aliphatic heterocycles. The number of carbonyl (C=O) groups excluding carboxylic acids is 1. The number of rotatable bonds is 8. The number of amides is 1. The number of piperidine rings is 1. The van der Waals surface area contributed by atoms with E-state index in [0.717, 1.165) is 60.8 Å². The van der Waals surface area contributed by atoms with E-state index in [4.69, 9.17) is 9.47 Å². The minimum atomic E-state index is -0.00538. The van der Waals surface area contributed by atoms with Crippen molar-refractivity contribution in [1.82, 2.24) is 20.0 Å². The normalized spacial score (nSPS) is 16.4. The van der Waals surface area contributed by atoms with Gasteiger partial charge in [-0.25, -0.2) is 0 Å².